The number of esters is 1. The van der Waals surface area contributed by atoms with E-state index in [1.54, 1.807) is 32.1 Å². The Morgan fingerprint density at radius 2 is 1.56 bits per heavy atom. The van der Waals surface area contributed by atoms with Gasteiger partial charge >= 0.3 is 5.97 Å². The molecule has 5 heteroatoms. The molecule has 0 spiro atoms. The first-order valence-electron chi connectivity index (χ1n) is 12.8. The average molecular weight is 495 g/mol. The van der Waals surface area contributed by atoms with E-state index in [1.165, 1.54) is 12.8 Å². The summed E-state index contributed by atoms with van der Waals surface area (Å²) < 4.78 is 17.5. The van der Waals surface area contributed by atoms with Gasteiger partial charge in [0.05, 0.1) is 12.2 Å². The van der Waals surface area contributed by atoms with E-state index in [0.29, 0.717) is 23.7 Å². The van der Waals surface area contributed by atoms with Crippen LogP contribution in [0.2, 0.25) is 0 Å². The van der Waals surface area contributed by atoms with Gasteiger partial charge in [-0.3, -0.25) is 4.79 Å². The first kappa shape index (κ1) is 29.2. The zero-order valence-corrected chi connectivity index (χ0v) is 23.2. The van der Waals surface area contributed by atoms with Crippen molar-refractivity contribution in [3.63, 3.8) is 0 Å². The van der Waals surface area contributed by atoms with Crippen molar-refractivity contribution in [1.29, 1.82) is 0 Å². The molecule has 196 valence electrons. The summed E-state index contributed by atoms with van der Waals surface area (Å²) in [5.74, 6) is 0.718. The normalized spacial score (nSPS) is 12.0. The number of allylic oxidation sites excluding steroid dienone is 1. The lowest BCUT2D eigenvalue weighted by atomic mass is 10.0. The van der Waals surface area contributed by atoms with Crippen LogP contribution in [0.25, 0.3) is 6.08 Å². The van der Waals surface area contributed by atoms with Gasteiger partial charge in [0.1, 0.15) is 17.1 Å². The Hall–Kier alpha value is -3.08. The molecule has 2 aromatic rings. The molecule has 0 amide bonds. The highest BCUT2D eigenvalue weighted by molar-refractivity contribution is 6.08. The predicted molar refractivity (Wildman–Crippen MR) is 146 cm³/mol. The Morgan fingerprint density at radius 3 is 2.17 bits per heavy atom. The fourth-order valence-corrected chi connectivity index (χ4v) is 3.71. The number of ketones is 1. The second-order valence-corrected chi connectivity index (χ2v) is 10.7. The second-order valence-electron chi connectivity index (χ2n) is 10.7. The van der Waals surface area contributed by atoms with E-state index in [-0.39, 0.29) is 5.78 Å². The molecule has 0 saturated carbocycles. The van der Waals surface area contributed by atoms with Gasteiger partial charge in [0.25, 0.3) is 0 Å². The third-order valence-electron chi connectivity index (χ3n) is 5.57. The maximum Gasteiger partial charge on any atom is 0.350 e. The highest BCUT2D eigenvalue weighted by Gasteiger charge is 2.35. The van der Waals surface area contributed by atoms with Crippen LogP contribution in [-0.2, 0) is 9.53 Å². The van der Waals surface area contributed by atoms with Gasteiger partial charge in [0.15, 0.2) is 11.4 Å². The van der Waals surface area contributed by atoms with Crippen molar-refractivity contribution in [3.8, 4) is 11.5 Å². The van der Waals surface area contributed by atoms with Crippen LogP contribution in [0.15, 0.2) is 42.5 Å². The van der Waals surface area contributed by atoms with E-state index in [1.807, 2.05) is 65.0 Å². The third kappa shape index (κ3) is 8.85. The van der Waals surface area contributed by atoms with Crippen molar-refractivity contribution in [2.45, 2.75) is 92.3 Å². The number of benzene rings is 2. The summed E-state index contributed by atoms with van der Waals surface area (Å²) in [7, 11) is 0. The summed E-state index contributed by atoms with van der Waals surface area (Å²) in [5.41, 5.74) is 1.43. The maximum absolute atomic E-state index is 12.9. The second kappa shape index (κ2) is 12.8. The zero-order valence-electron chi connectivity index (χ0n) is 23.2. The molecule has 0 unspecified atom stereocenters. The molecule has 0 atom stereocenters. The van der Waals surface area contributed by atoms with Crippen LogP contribution < -0.4 is 9.47 Å². The van der Waals surface area contributed by atoms with Crippen LogP contribution in [0.1, 0.15) is 94.3 Å². The minimum absolute atomic E-state index is 0.110. The summed E-state index contributed by atoms with van der Waals surface area (Å²) in [6, 6.07) is 11.2. The van der Waals surface area contributed by atoms with E-state index in [4.69, 9.17) is 14.2 Å². The first-order valence-corrected chi connectivity index (χ1v) is 12.8. The van der Waals surface area contributed by atoms with Gasteiger partial charge in [-0.15, -0.1) is 0 Å². The molecule has 36 heavy (non-hydrogen) atoms. The molecule has 0 aliphatic carbocycles. The highest BCUT2D eigenvalue weighted by atomic mass is 16.6. The summed E-state index contributed by atoms with van der Waals surface area (Å²) in [4.78, 5) is 25.6. The fourth-order valence-electron chi connectivity index (χ4n) is 3.71. The molecule has 2 aromatic carbocycles. The van der Waals surface area contributed by atoms with Gasteiger partial charge in [0.2, 0.25) is 0 Å². The van der Waals surface area contributed by atoms with Crippen molar-refractivity contribution in [3.05, 3.63) is 64.7 Å². The Kier molecular flexibility index (Phi) is 10.3. The van der Waals surface area contributed by atoms with Crippen LogP contribution >= 0.6 is 0 Å². The number of hydrogen-bond donors (Lipinski definition) is 0. The van der Waals surface area contributed by atoms with Crippen LogP contribution in [-0.4, -0.2) is 29.6 Å². The van der Waals surface area contributed by atoms with E-state index in [9.17, 15) is 9.59 Å². The van der Waals surface area contributed by atoms with Crippen LogP contribution in [0, 0.1) is 13.8 Å². The average Bonchev–Trinajstić information content (AvgIpc) is 2.79. The minimum Gasteiger partial charge on any atom is -0.493 e. The lowest BCUT2D eigenvalue weighted by Crippen LogP contribution is -2.43. The minimum atomic E-state index is -1.14. The van der Waals surface area contributed by atoms with Gasteiger partial charge in [0, 0.05) is 0 Å². The predicted octanol–water partition coefficient (Wildman–Crippen LogP) is 7.66. The molecule has 0 aliphatic rings. The van der Waals surface area contributed by atoms with E-state index in [0.717, 1.165) is 29.5 Å². The molecule has 0 fully saturated rings. The SMILES string of the molecule is CCCCCCOc1ccccc1C(=O)C=Cc1cc(C)c(OC(C)(C)C(=O)OC(C)(C)C)c(C)c1. The fraction of sp³-hybridized carbons (Fsp3) is 0.484. The molecule has 0 aliphatic heterocycles. The number of carbonyl (C=O) groups is 2. The number of aryl methyl sites for hydroxylation is 2. The molecule has 0 saturated heterocycles. The van der Waals surface area contributed by atoms with Crippen LogP contribution in [0.3, 0.4) is 0 Å². The number of ether oxygens (including phenoxy) is 3. The zero-order chi connectivity index (χ0) is 26.9. The van der Waals surface area contributed by atoms with Gasteiger partial charge in [-0.25, -0.2) is 4.79 Å². The molecular weight excluding hydrogens is 452 g/mol. The van der Waals surface area contributed by atoms with Gasteiger partial charge in [-0.1, -0.05) is 44.4 Å². The van der Waals surface area contributed by atoms with Gasteiger partial charge in [-0.05, 0) is 102 Å². The largest absolute Gasteiger partial charge is 0.493 e. The van der Waals surface area contributed by atoms with Gasteiger partial charge in [-0.2, -0.15) is 0 Å². The Balaban J connectivity index is 2.14. The van der Waals surface area contributed by atoms with Gasteiger partial charge < -0.3 is 14.2 Å². The Bertz CT molecular complexity index is 1050. The molecule has 0 radical (unpaired) electrons. The third-order valence-corrected chi connectivity index (χ3v) is 5.57. The highest BCUT2D eigenvalue weighted by Crippen LogP contribution is 2.30. The molecule has 2 rings (SSSR count). The summed E-state index contributed by atoms with van der Waals surface area (Å²) in [6.45, 7) is 15.5. The molecule has 0 heterocycles. The number of para-hydroxylation sites is 1. The number of carbonyl (C=O) groups excluding carboxylic acids is 2. The summed E-state index contributed by atoms with van der Waals surface area (Å²) >= 11 is 0. The van der Waals surface area contributed by atoms with E-state index in [2.05, 4.69) is 6.92 Å². The Morgan fingerprint density at radius 1 is 0.917 bits per heavy atom. The lowest BCUT2D eigenvalue weighted by molar-refractivity contribution is -0.171. The van der Waals surface area contributed by atoms with E-state index >= 15 is 0 Å². The molecule has 5 nitrogen and oxygen atoms in total. The van der Waals surface area contributed by atoms with Crippen molar-refractivity contribution < 1.29 is 23.8 Å². The van der Waals surface area contributed by atoms with Crippen molar-refractivity contribution in [1.82, 2.24) is 0 Å². The monoisotopic (exact) mass is 494 g/mol. The summed E-state index contributed by atoms with van der Waals surface area (Å²) in [5, 5.41) is 0. The smallest absolute Gasteiger partial charge is 0.350 e. The topological polar surface area (TPSA) is 61.8 Å². The van der Waals surface area contributed by atoms with E-state index < -0.39 is 17.2 Å². The van der Waals surface area contributed by atoms with Crippen LogP contribution in [0.5, 0.6) is 11.5 Å². The lowest BCUT2D eigenvalue weighted by Gasteiger charge is -2.30. The summed E-state index contributed by atoms with van der Waals surface area (Å²) in [6.07, 6.45) is 7.83. The number of rotatable bonds is 12. The quantitative estimate of drug-likeness (QED) is 0.131. The molecule has 0 bridgehead atoms. The first-order chi connectivity index (χ1) is 16.8. The molecule has 0 N–H and O–H groups in total. The number of unbranched alkanes of at least 4 members (excludes halogenated alkanes) is 3. The van der Waals surface area contributed by atoms with Crippen molar-refractivity contribution in [2.75, 3.05) is 6.61 Å². The van der Waals surface area contributed by atoms with Crippen LogP contribution in [0.4, 0.5) is 0 Å². The molecule has 0 aromatic heterocycles. The van der Waals surface area contributed by atoms with Crippen molar-refractivity contribution in [2.24, 2.45) is 0 Å². The molecular formula is C31H42O5. The number of hydrogen-bond acceptors (Lipinski definition) is 5. The standard InChI is InChI=1S/C31H42O5/c1-9-10-11-14-19-34-27-16-13-12-15-25(27)26(32)18-17-24-20-22(2)28(23(3)21-24)35-31(7,8)29(33)36-30(4,5)6/h12-13,15-18,20-21H,9-11,14,19H2,1-8H3. The maximum atomic E-state index is 12.9. The van der Waals surface area contributed by atoms with Crippen molar-refractivity contribution >= 4 is 17.8 Å². The Labute approximate surface area is 216 Å².